The van der Waals surface area contributed by atoms with E-state index in [-0.39, 0.29) is 17.2 Å². The van der Waals surface area contributed by atoms with Gasteiger partial charge in [-0.25, -0.2) is 0 Å². The molecule has 2 amide bonds. The maximum atomic E-state index is 12.5. The minimum Gasteiger partial charge on any atom is -0.459 e. The summed E-state index contributed by atoms with van der Waals surface area (Å²) in [5.41, 5.74) is 0.101. The first-order chi connectivity index (χ1) is 13.1. The molecular formula is C19H23N5O3. The summed E-state index contributed by atoms with van der Waals surface area (Å²) in [6.07, 6.45) is 7.32. The van der Waals surface area contributed by atoms with Crippen molar-refractivity contribution in [1.29, 1.82) is 0 Å². The highest BCUT2D eigenvalue weighted by molar-refractivity contribution is 5.91. The molecule has 8 nitrogen and oxygen atoms in total. The molecule has 1 saturated carbocycles. The predicted octanol–water partition coefficient (Wildman–Crippen LogP) is 1.63. The van der Waals surface area contributed by atoms with Crippen LogP contribution in [0.25, 0.3) is 0 Å². The summed E-state index contributed by atoms with van der Waals surface area (Å²) in [6, 6.07) is 3.75. The van der Waals surface area contributed by atoms with Gasteiger partial charge in [0, 0.05) is 32.1 Å². The van der Waals surface area contributed by atoms with Crippen molar-refractivity contribution >= 4 is 11.8 Å². The highest BCUT2D eigenvalue weighted by Crippen LogP contribution is 2.41. The van der Waals surface area contributed by atoms with E-state index in [1.165, 1.54) is 6.26 Å². The zero-order chi connectivity index (χ0) is 18.4. The molecule has 142 valence electrons. The van der Waals surface area contributed by atoms with Crippen molar-refractivity contribution in [2.45, 2.75) is 51.1 Å². The van der Waals surface area contributed by atoms with Gasteiger partial charge in [-0.05, 0) is 49.7 Å². The fraction of sp³-hybridized carbons (Fsp3) is 0.579. The van der Waals surface area contributed by atoms with Crippen LogP contribution >= 0.6 is 0 Å². The van der Waals surface area contributed by atoms with E-state index in [4.69, 9.17) is 4.42 Å². The number of nitrogens with one attached hydrogen (secondary N) is 1. The number of piperidine rings is 1. The molecule has 2 aromatic heterocycles. The molecule has 5 rings (SSSR count). The SMILES string of the molecule is O=C(NC1CC1)c1nnc2n1CC1(CC2)CCN(C(=O)c2ccco2)CC1. The fourth-order valence-electron chi connectivity index (χ4n) is 4.27. The second kappa shape index (κ2) is 6.21. The van der Waals surface area contributed by atoms with Gasteiger partial charge in [0.05, 0.1) is 6.26 Å². The lowest BCUT2D eigenvalue weighted by Crippen LogP contribution is -2.47. The van der Waals surface area contributed by atoms with Crippen molar-refractivity contribution in [1.82, 2.24) is 25.0 Å². The van der Waals surface area contributed by atoms with Crippen LogP contribution in [0.2, 0.25) is 0 Å². The zero-order valence-corrected chi connectivity index (χ0v) is 15.2. The third-order valence-corrected chi connectivity index (χ3v) is 6.16. The topological polar surface area (TPSA) is 93.3 Å². The van der Waals surface area contributed by atoms with E-state index in [1.807, 2.05) is 9.47 Å². The first-order valence-electron chi connectivity index (χ1n) is 9.69. The van der Waals surface area contributed by atoms with E-state index in [0.717, 1.165) is 50.9 Å². The highest BCUT2D eigenvalue weighted by atomic mass is 16.3. The van der Waals surface area contributed by atoms with Gasteiger partial charge in [0.15, 0.2) is 5.76 Å². The Balaban J connectivity index is 1.29. The van der Waals surface area contributed by atoms with Crippen LogP contribution in [0.1, 0.15) is 59.1 Å². The van der Waals surface area contributed by atoms with E-state index < -0.39 is 0 Å². The minimum atomic E-state index is -0.112. The maximum absolute atomic E-state index is 12.5. The molecule has 1 N–H and O–H groups in total. The van der Waals surface area contributed by atoms with Gasteiger partial charge in [0.1, 0.15) is 5.82 Å². The predicted molar refractivity (Wildman–Crippen MR) is 95.1 cm³/mol. The largest absolute Gasteiger partial charge is 0.459 e. The number of carbonyl (C=O) groups is 2. The number of furan rings is 1. The molecule has 8 heteroatoms. The molecule has 2 fully saturated rings. The normalized spacial score (nSPS) is 21.1. The highest BCUT2D eigenvalue weighted by Gasteiger charge is 2.41. The van der Waals surface area contributed by atoms with Gasteiger partial charge in [-0.15, -0.1) is 10.2 Å². The van der Waals surface area contributed by atoms with Gasteiger partial charge >= 0.3 is 0 Å². The molecule has 0 unspecified atom stereocenters. The molecule has 2 aromatic rings. The fourth-order valence-corrected chi connectivity index (χ4v) is 4.27. The average Bonchev–Trinajstić information content (AvgIpc) is 3.17. The van der Waals surface area contributed by atoms with E-state index >= 15 is 0 Å². The van der Waals surface area contributed by atoms with Crippen molar-refractivity contribution in [2.24, 2.45) is 5.41 Å². The molecular weight excluding hydrogens is 346 g/mol. The Morgan fingerprint density at radius 3 is 2.70 bits per heavy atom. The molecule has 4 heterocycles. The number of nitrogens with zero attached hydrogens (tertiary/aromatic N) is 4. The van der Waals surface area contributed by atoms with Crippen LogP contribution < -0.4 is 5.32 Å². The van der Waals surface area contributed by atoms with E-state index in [1.54, 1.807) is 12.1 Å². The van der Waals surface area contributed by atoms with Gasteiger partial charge in [0.2, 0.25) is 5.82 Å². The minimum absolute atomic E-state index is 0.0415. The number of amides is 2. The monoisotopic (exact) mass is 369 g/mol. The van der Waals surface area contributed by atoms with Gasteiger partial charge in [-0.3, -0.25) is 9.59 Å². The summed E-state index contributed by atoms with van der Waals surface area (Å²) in [5, 5.41) is 11.4. The van der Waals surface area contributed by atoms with Crippen LogP contribution in [0.15, 0.2) is 22.8 Å². The summed E-state index contributed by atoms with van der Waals surface area (Å²) >= 11 is 0. The van der Waals surface area contributed by atoms with E-state index in [9.17, 15) is 9.59 Å². The third kappa shape index (κ3) is 3.02. The number of rotatable bonds is 3. The van der Waals surface area contributed by atoms with Crippen molar-refractivity contribution < 1.29 is 14.0 Å². The first-order valence-corrected chi connectivity index (χ1v) is 9.69. The molecule has 27 heavy (non-hydrogen) atoms. The Labute approximate surface area is 156 Å². The van der Waals surface area contributed by atoms with Crippen molar-refractivity contribution in [3.8, 4) is 0 Å². The maximum Gasteiger partial charge on any atom is 0.289 e. The van der Waals surface area contributed by atoms with Crippen LogP contribution in [-0.2, 0) is 13.0 Å². The Morgan fingerprint density at radius 1 is 1.19 bits per heavy atom. The average molecular weight is 369 g/mol. The van der Waals surface area contributed by atoms with Gasteiger partial charge in [0.25, 0.3) is 11.8 Å². The number of carbonyl (C=O) groups excluding carboxylic acids is 2. The zero-order valence-electron chi connectivity index (χ0n) is 15.2. The van der Waals surface area contributed by atoms with Gasteiger partial charge < -0.3 is 19.2 Å². The number of fused-ring (bicyclic) bond motifs is 1. The summed E-state index contributed by atoms with van der Waals surface area (Å²) in [7, 11) is 0. The standard InChI is InChI=1S/C19H23N5O3/c25-17(20-13-3-4-13)16-22-21-15-5-6-19(12-24(15)16)7-9-23(10-8-19)18(26)14-2-1-11-27-14/h1-2,11,13H,3-10,12H2,(H,20,25). The second-order valence-corrected chi connectivity index (χ2v) is 8.04. The Bertz CT molecular complexity index is 860. The number of hydrogen-bond donors (Lipinski definition) is 1. The quantitative estimate of drug-likeness (QED) is 0.888. The lowest BCUT2D eigenvalue weighted by atomic mass is 9.73. The van der Waals surface area contributed by atoms with Gasteiger partial charge in [-0.2, -0.15) is 0 Å². The third-order valence-electron chi connectivity index (χ3n) is 6.16. The number of likely N-dealkylation sites (tertiary alicyclic amines) is 1. The second-order valence-electron chi connectivity index (χ2n) is 8.04. The van der Waals surface area contributed by atoms with Crippen molar-refractivity contribution in [3.05, 3.63) is 35.8 Å². The van der Waals surface area contributed by atoms with E-state index in [0.29, 0.717) is 30.7 Å². The summed E-state index contributed by atoms with van der Waals surface area (Å²) in [4.78, 5) is 26.8. The Hall–Kier alpha value is -2.64. The molecule has 0 aromatic carbocycles. The summed E-state index contributed by atoms with van der Waals surface area (Å²) in [5.74, 6) is 1.58. The smallest absolute Gasteiger partial charge is 0.289 e. The molecule has 1 saturated heterocycles. The first kappa shape index (κ1) is 16.5. The lowest BCUT2D eigenvalue weighted by Gasteiger charge is -2.44. The number of aryl methyl sites for hydroxylation is 1. The van der Waals surface area contributed by atoms with Crippen LogP contribution in [0.5, 0.6) is 0 Å². The van der Waals surface area contributed by atoms with Crippen LogP contribution in [0.4, 0.5) is 0 Å². The number of hydrogen-bond acceptors (Lipinski definition) is 5. The lowest BCUT2D eigenvalue weighted by molar-refractivity contribution is 0.0440. The molecule has 0 bridgehead atoms. The summed E-state index contributed by atoms with van der Waals surface area (Å²) in [6.45, 7) is 2.17. The van der Waals surface area contributed by atoms with Crippen LogP contribution in [-0.4, -0.2) is 50.6 Å². The molecule has 1 spiro atoms. The van der Waals surface area contributed by atoms with Crippen LogP contribution in [0, 0.1) is 5.41 Å². The van der Waals surface area contributed by atoms with Gasteiger partial charge in [-0.1, -0.05) is 0 Å². The molecule has 1 aliphatic carbocycles. The Morgan fingerprint density at radius 2 is 2.00 bits per heavy atom. The van der Waals surface area contributed by atoms with Crippen LogP contribution in [0.3, 0.4) is 0 Å². The molecule has 3 aliphatic rings. The molecule has 0 radical (unpaired) electrons. The van der Waals surface area contributed by atoms with Crippen molar-refractivity contribution in [3.63, 3.8) is 0 Å². The molecule has 2 aliphatic heterocycles. The summed E-state index contributed by atoms with van der Waals surface area (Å²) < 4.78 is 7.25. The number of aromatic nitrogens is 3. The van der Waals surface area contributed by atoms with E-state index in [2.05, 4.69) is 15.5 Å². The molecule has 0 atom stereocenters. The van der Waals surface area contributed by atoms with Crippen molar-refractivity contribution in [2.75, 3.05) is 13.1 Å². The Kier molecular flexibility index (Phi) is 3.80.